The van der Waals surface area contributed by atoms with Crippen LogP contribution in [0.4, 0.5) is 0 Å². The first-order valence-electron chi connectivity index (χ1n) is 14.0. The minimum Gasteiger partial charge on any atom is -0.481 e. The number of piperidine rings is 1. The van der Waals surface area contributed by atoms with Crippen LogP contribution in [0.25, 0.3) is 0 Å². The number of likely N-dealkylation sites (N-methyl/N-ethyl adjacent to an activating group) is 1. The zero-order chi connectivity index (χ0) is 28.8. The largest absolute Gasteiger partial charge is 0.481 e. The monoisotopic (exact) mass is 606 g/mol. The quantitative estimate of drug-likeness (QED) is 0.332. The van der Waals surface area contributed by atoms with E-state index in [-0.39, 0.29) is 36.0 Å². The Morgan fingerprint density at radius 3 is 2.30 bits per heavy atom. The highest BCUT2D eigenvalue weighted by molar-refractivity contribution is 7.90. The van der Waals surface area contributed by atoms with Gasteiger partial charge in [-0.3, -0.25) is 9.59 Å². The molecule has 2 aromatic rings. The summed E-state index contributed by atoms with van der Waals surface area (Å²) in [5.74, 6) is -1.37. The van der Waals surface area contributed by atoms with Crippen molar-refractivity contribution in [2.24, 2.45) is 11.3 Å². The number of hydrogen-bond acceptors (Lipinski definition) is 4. The van der Waals surface area contributed by atoms with Gasteiger partial charge in [0.15, 0.2) is 0 Å². The van der Waals surface area contributed by atoms with Crippen molar-refractivity contribution in [3.8, 4) is 0 Å². The molecule has 1 saturated heterocycles. The van der Waals surface area contributed by atoms with E-state index in [1.54, 1.807) is 25.2 Å². The summed E-state index contributed by atoms with van der Waals surface area (Å²) in [6.45, 7) is 2.04. The van der Waals surface area contributed by atoms with Gasteiger partial charge in [0.25, 0.3) is 0 Å². The molecule has 1 amide bonds. The van der Waals surface area contributed by atoms with Crippen molar-refractivity contribution in [1.29, 1.82) is 0 Å². The van der Waals surface area contributed by atoms with Gasteiger partial charge < -0.3 is 10.0 Å². The molecule has 0 spiro atoms. The average molecular weight is 608 g/mol. The number of carbonyl (C=O) groups excluding carboxylic acids is 1. The van der Waals surface area contributed by atoms with Crippen LogP contribution in [-0.2, 0) is 19.6 Å². The molecule has 40 heavy (non-hydrogen) atoms. The molecule has 3 aliphatic rings. The third kappa shape index (κ3) is 5.78. The van der Waals surface area contributed by atoms with E-state index in [9.17, 15) is 23.1 Å². The summed E-state index contributed by atoms with van der Waals surface area (Å²) < 4.78 is 27.8. The Balaban J connectivity index is 1.67. The summed E-state index contributed by atoms with van der Waals surface area (Å²) in [5, 5.41) is 10.7. The number of rotatable bonds is 11. The Labute approximate surface area is 246 Å². The van der Waals surface area contributed by atoms with Crippen molar-refractivity contribution in [2.45, 2.75) is 75.1 Å². The summed E-state index contributed by atoms with van der Waals surface area (Å²) in [7, 11) is -1.86. The van der Waals surface area contributed by atoms with Gasteiger partial charge in [0, 0.05) is 35.6 Å². The first-order chi connectivity index (χ1) is 19.0. The van der Waals surface area contributed by atoms with Crippen LogP contribution in [0.3, 0.4) is 0 Å². The van der Waals surface area contributed by atoms with Gasteiger partial charge in [0.05, 0.1) is 23.1 Å². The van der Waals surface area contributed by atoms with E-state index in [4.69, 9.17) is 23.2 Å². The molecule has 1 N–H and O–H groups in total. The number of carbonyl (C=O) groups is 2. The van der Waals surface area contributed by atoms with E-state index in [2.05, 4.69) is 0 Å². The number of nitrogens with zero attached hydrogens (tertiary/aromatic N) is 2. The minimum absolute atomic E-state index is 0.132. The topological polar surface area (TPSA) is 95.0 Å². The fourth-order valence-electron chi connectivity index (χ4n) is 6.45. The molecule has 2 aliphatic carbocycles. The number of carboxylic acid groups (broad SMARTS) is 1. The van der Waals surface area contributed by atoms with E-state index >= 15 is 0 Å². The van der Waals surface area contributed by atoms with Crippen molar-refractivity contribution < 1.29 is 23.1 Å². The van der Waals surface area contributed by atoms with Gasteiger partial charge in [-0.1, -0.05) is 54.4 Å². The number of likely N-dealkylation sites (tertiary alicyclic amines) is 1. The molecule has 216 valence electrons. The van der Waals surface area contributed by atoms with Crippen LogP contribution >= 0.6 is 23.2 Å². The van der Waals surface area contributed by atoms with Gasteiger partial charge in [-0.2, -0.15) is 0 Å². The molecule has 4 unspecified atom stereocenters. The van der Waals surface area contributed by atoms with E-state index in [0.717, 1.165) is 24.0 Å². The maximum Gasteiger partial charge on any atom is 0.304 e. The molecule has 1 heterocycles. The van der Waals surface area contributed by atoms with Crippen LogP contribution < -0.4 is 0 Å². The SMILES string of the molecule is CCC1(CC(=O)O)CC(c2cccc(Cl)c2)C(c2ccc(Cl)cc2)N(C(CN(C)S(=O)(=O)C2CC2)C2CC2)C1=O. The molecule has 2 saturated carbocycles. The lowest BCUT2D eigenvalue weighted by atomic mass is 9.64. The Bertz CT molecular complexity index is 1380. The van der Waals surface area contributed by atoms with Crippen LogP contribution in [0.1, 0.15) is 75.0 Å². The zero-order valence-electron chi connectivity index (χ0n) is 22.8. The molecule has 10 heteroatoms. The fraction of sp³-hybridized carbons (Fsp3) is 0.533. The van der Waals surface area contributed by atoms with Gasteiger partial charge in [0.2, 0.25) is 15.9 Å². The first-order valence-corrected chi connectivity index (χ1v) is 16.2. The lowest BCUT2D eigenvalue weighted by Crippen LogP contribution is -2.59. The molecule has 4 atom stereocenters. The number of aliphatic carboxylic acids is 1. The molecule has 2 aromatic carbocycles. The smallest absolute Gasteiger partial charge is 0.304 e. The fourth-order valence-corrected chi connectivity index (χ4v) is 8.38. The van der Waals surface area contributed by atoms with Crippen LogP contribution in [-0.4, -0.2) is 59.5 Å². The third-order valence-electron chi connectivity index (χ3n) is 8.98. The number of sulfonamides is 1. The second-order valence-corrected chi connectivity index (χ2v) is 14.9. The van der Waals surface area contributed by atoms with Crippen molar-refractivity contribution in [2.75, 3.05) is 13.6 Å². The van der Waals surface area contributed by atoms with Gasteiger partial charge in [-0.25, -0.2) is 12.7 Å². The number of benzene rings is 2. The van der Waals surface area contributed by atoms with Gasteiger partial charge in [-0.05, 0) is 79.8 Å². The standard InChI is InChI=1S/C30H36Cl2N2O5S/c1-3-30(17-27(35)36)16-25(21-5-4-6-23(32)15-21)28(20-9-11-22(31)12-10-20)34(29(30)37)26(19-7-8-19)18-33(2)40(38,39)24-13-14-24/h4-6,9-12,15,19,24-26,28H,3,7-8,13-14,16-18H2,1-2H3,(H,35,36). The molecule has 1 aliphatic heterocycles. The van der Waals surface area contributed by atoms with E-state index in [1.165, 1.54) is 4.31 Å². The summed E-state index contributed by atoms with van der Waals surface area (Å²) in [5.41, 5.74) is 0.658. The highest BCUT2D eigenvalue weighted by Gasteiger charge is 2.56. The normalized spacial score (nSPS) is 26.2. The maximum atomic E-state index is 14.7. The average Bonchev–Trinajstić information content (AvgIpc) is 3.82. The number of carboxylic acids is 1. The number of hydrogen-bond donors (Lipinski definition) is 1. The minimum atomic E-state index is -3.47. The maximum absolute atomic E-state index is 14.7. The molecule has 0 radical (unpaired) electrons. The summed E-state index contributed by atoms with van der Waals surface area (Å²) in [6, 6.07) is 14.1. The zero-order valence-corrected chi connectivity index (χ0v) is 25.1. The Morgan fingerprint density at radius 2 is 1.75 bits per heavy atom. The Hall–Kier alpha value is -2.13. The highest BCUT2D eigenvalue weighted by Crippen LogP contribution is 2.55. The van der Waals surface area contributed by atoms with Crippen molar-refractivity contribution in [1.82, 2.24) is 9.21 Å². The van der Waals surface area contributed by atoms with E-state index < -0.39 is 33.5 Å². The van der Waals surface area contributed by atoms with Crippen molar-refractivity contribution in [3.63, 3.8) is 0 Å². The van der Waals surface area contributed by atoms with E-state index in [0.29, 0.717) is 35.7 Å². The van der Waals surface area contributed by atoms with Crippen LogP contribution in [0.2, 0.25) is 10.0 Å². The Morgan fingerprint density at radius 1 is 1.07 bits per heavy atom. The van der Waals surface area contributed by atoms with Crippen LogP contribution in [0, 0.1) is 11.3 Å². The lowest BCUT2D eigenvalue weighted by molar-refractivity contribution is -0.163. The summed E-state index contributed by atoms with van der Waals surface area (Å²) in [4.78, 5) is 28.7. The third-order valence-corrected chi connectivity index (χ3v) is 11.8. The van der Waals surface area contributed by atoms with Gasteiger partial charge in [-0.15, -0.1) is 0 Å². The molecule has 5 rings (SSSR count). The molecule has 7 nitrogen and oxygen atoms in total. The van der Waals surface area contributed by atoms with Crippen molar-refractivity contribution >= 4 is 45.1 Å². The summed E-state index contributed by atoms with van der Waals surface area (Å²) in [6.07, 6.45) is 3.49. The predicted octanol–water partition coefficient (Wildman–Crippen LogP) is 6.12. The first kappa shape index (κ1) is 29.4. The molecule has 0 aromatic heterocycles. The number of amides is 1. The molecular formula is C30H36Cl2N2O5S. The summed E-state index contributed by atoms with van der Waals surface area (Å²) >= 11 is 12.7. The van der Waals surface area contributed by atoms with Crippen LogP contribution in [0.15, 0.2) is 48.5 Å². The predicted molar refractivity (Wildman–Crippen MR) is 156 cm³/mol. The molecular weight excluding hydrogens is 571 g/mol. The lowest BCUT2D eigenvalue weighted by Gasteiger charge is -2.53. The second kappa shape index (κ2) is 11.3. The van der Waals surface area contributed by atoms with E-state index in [1.807, 2.05) is 42.2 Å². The Kier molecular flexibility index (Phi) is 8.28. The second-order valence-electron chi connectivity index (χ2n) is 11.7. The molecule has 3 fully saturated rings. The van der Waals surface area contributed by atoms with Gasteiger partial charge in [0.1, 0.15) is 0 Å². The van der Waals surface area contributed by atoms with Crippen molar-refractivity contribution in [3.05, 3.63) is 69.7 Å². The van der Waals surface area contributed by atoms with Crippen LogP contribution in [0.5, 0.6) is 0 Å². The number of halogens is 2. The molecule has 0 bridgehead atoms. The van der Waals surface area contributed by atoms with Gasteiger partial charge >= 0.3 is 5.97 Å². The highest BCUT2D eigenvalue weighted by atomic mass is 35.5.